The van der Waals surface area contributed by atoms with E-state index in [2.05, 4.69) is 6.07 Å². The van der Waals surface area contributed by atoms with Crippen LogP contribution in [0.1, 0.15) is 18.9 Å². The van der Waals surface area contributed by atoms with E-state index >= 15 is 0 Å². The van der Waals surface area contributed by atoms with Crippen LogP contribution in [0.3, 0.4) is 0 Å². The molecule has 1 unspecified atom stereocenters. The van der Waals surface area contributed by atoms with E-state index in [-0.39, 0.29) is 11.8 Å². The molecule has 0 saturated carbocycles. The van der Waals surface area contributed by atoms with Crippen molar-refractivity contribution >= 4 is 23.4 Å². The summed E-state index contributed by atoms with van der Waals surface area (Å²) in [5.41, 5.74) is -3.47. The molecule has 1 rings (SSSR count). The summed E-state index contributed by atoms with van der Waals surface area (Å²) in [5, 5.41) is 0.00766. The molecule has 0 aliphatic carbocycles. The van der Waals surface area contributed by atoms with E-state index in [1.165, 1.54) is 0 Å². The van der Waals surface area contributed by atoms with Gasteiger partial charge in [-0.25, -0.2) is 0 Å². The largest absolute Gasteiger partial charge is 0.442 e. The average molecular weight is 268 g/mol. The fourth-order valence-electron chi connectivity index (χ4n) is 1.31. The highest BCUT2D eigenvalue weighted by atomic mass is 35.5. The van der Waals surface area contributed by atoms with Gasteiger partial charge in [-0.15, -0.1) is 0 Å². The second kappa shape index (κ2) is 5.82. The van der Waals surface area contributed by atoms with Crippen LogP contribution in [0.15, 0.2) is 18.2 Å². The van der Waals surface area contributed by atoms with Crippen molar-refractivity contribution in [1.29, 1.82) is 0 Å². The minimum atomic E-state index is -4.19. The van der Waals surface area contributed by atoms with Gasteiger partial charge in [-0.2, -0.15) is 13.2 Å². The molecule has 0 amide bonds. The van der Waals surface area contributed by atoms with Gasteiger partial charge in [0.1, 0.15) is 0 Å². The minimum Gasteiger partial charge on any atom is -0.160 e. The third kappa shape index (κ3) is 4.66. The van der Waals surface area contributed by atoms with Crippen LogP contribution in [-0.4, -0.2) is 10.8 Å². The molecule has 16 heavy (non-hydrogen) atoms. The molecule has 0 aromatic heterocycles. The van der Waals surface area contributed by atoms with Crippen LogP contribution >= 0.6 is 23.4 Å². The van der Waals surface area contributed by atoms with Gasteiger partial charge in [-0.3, -0.25) is 0 Å². The van der Waals surface area contributed by atoms with Crippen molar-refractivity contribution < 1.29 is 13.2 Å². The highest BCUT2D eigenvalue weighted by molar-refractivity contribution is 8.00. The zero-order valence-electron chi connectivity index (χ0n) is 8.64. The lowest BCUT2D eigenvalue weighted by Crippen LogP contribution is -2.13. The predicted molar refractivity (Wildman–Crippen MR) is 61.7 cm³/mol. The molecule has 5 heteroatoms. The van der Waals surface area contributed by atoms with Crippen LogP contribution < -0.4 is 0 Å². The summed E-state index contributed by atoms with van der Waals surface area (Å²) in [6.45, 7) is 1.74. The van der Waals surface area contributed by atoms with Crippen LogP contribution in [0, 0.1) is 6.07 Å². The second-order valence-electron chi connectivity index (χ2n) is 3.32. The van der Waals surface area contributed by atoms with Gasteiger partial charge < -0.3 is 0 Å². The van der Waals surface area contributed by atoms with E-state index in [1.807, 2.05) is 0 Å². The lowest BCUT2D eigenvalue weighted by atomic mass is 10.1. The first-order chi connectivity index (χ1) is 7.42. The highest BCUT2D eigenvalue weighted by Gasteiger charge is 2.32. The predicted octanol–water partition coefficient (Wildman–Crippen LogP) is 4.71. The number of rotatable bonds is 4. The quantitative estimate of drug-likeness (QED) is 0.761. The summed E-state index contributed by atoms with van der Waals surface area (Å²) >= 11 is 5.92. The molecule has 0 bridgehead atoms. The first kappa shape index (κ1) is 13.7. The smallest absolute Gasteiger partial charge is 0.160 e. The van der Waals surface area contributed by atoms with Crippen molar-refractivity contribution in [1.82, 2.24) is 0 Å². The Kier molecular flexibility index (Phi) is 4.99. The third-order valence-electron chi connectivity index (χ3n) is 2.09. The normalized spacial score (nSPS) is 13.8. The van der Waals surface area contributed by atoms with Crippen LogP contribution in [0.25, 0.3) is 0 Å². The summed E-state index contributed by atoms with van der Waals surface area (Å²) in [6, 6.07) is 7.74. The number of hydrogen-bond donors (Lipinski definition) is 0. The summed E-state index contributed by atoms with van der Waals surface area (Å²) < 4.78 is 36.7. The second-order valence-corrected chi connectivity index (χ2v) is 5.09. The summed E-state index contributed by atoms with van der Waals surface area (Å²) in [4.78, 5) is 0. The first-order valence-electron chi connectivity index (χ1n) is 4.81. The zero-order valence-corrected chi connectivity index (χ0v) is 10.2. The standard InChI is InChI=1S/C11H11ClF3S/c1-2-9(16-11(13,14)15)7-8-5-3-4-6-10(8)12/h4-6,9H,2,7H2,1H3. The number of halogens is 4. The molecule has 0 spiro atoms. The Hall–Kier alpha value is -0.350. The van der Waals surface area contributed by atoms with E-state index in [0.29, 0.717) is 23.4 Å². The highest BCUT2D eigenvalue weighted by Crippen LogP contribution is 2.37. The molecular formula is C11H11ClF3S. The average Bonchev–Trinajstić information content (AvgIpc) is 2.18. The van der Waals surface area contributed by atoms with Crippen molar-refractivity contribution in [3.8, 4) is 0 Å². The van der Waals surface area contributed by atoms with E-state index < -0.39 is 10.8 Å². The Morgan fingerprint density at radius 2 is 2.19 bits per heavy atom. The first-order valence-corrected chi connectivity index (χ1v) is 6.07. The van der Waals surface area contributed by atoms with Gasteiger partial charge >= 0.3 is 5.51 Å². The third-order valence-corrected chi connectivity index (χ3v) is 3.56. The Morgan fingerprint density at radius 3 is 2.69 bits per heavy atom. The molecular weight excluding hydrogens is 257 g/mol. The van der Waals surface area contributed by atoms with Gasteiger partial charge in [0.05, 0.1) is 0 Å². The van der Waals surface area contributed by atoms with Crippen molar-refractivity contribution in [2.24, 2.45) is 0 Å². The number of alkyl halides is 3. The lowest BCUT2D eigenvalue weighted by molar-refractivity contribution is -0.0334. The molecule has 1 radical (unpaired) electrons. The Morgan fingerprint density at radius 1 is 1.50 bits per heavy atom. The van der Waals surface area contributed by atoms with E-state index in [0.717, 1.165) is 0 Å². The van der Waals surface area contributed by atoms with Crippen molar-refractivity contribution in [2.75, 3.05) is 0 Å². The van der Waals surface area contributed by atoms with Crippen LogP contribution in [0.2, 0.25) is 5.02 Å². The van der Waals surface area contributed by atoms with Gasteiger partial charge in [0.25, 0.3) is 0 Å². The number of hydrogen-bond acceptors (Lipinski definition) is 1. The van der Waals surface area contributed by atoms with Gasteiger partial charge in [0, 0.05) is 10.3 Å². The monoisotopic (exact) mass is 267 g/mol. The van der Waals surface area contributed by atoms with E-state index in [9.17, 15) is 13.2 Å². The van der Waals surface area contributed by atoms with Crippen LogP contribution in [0.4, 0.5) is 13.2 Å². The maximum Gasteiger partial charge on any atom is 0.442 e. The van der Waals surface area contributed by atoms with Crippen LogP contribution in [0.5, 0.6) is 0 Å². The van der Waals surface area contributed by atoms with Gasteiger partial charge in [0.15, 0.2) is 0 Å². The van der Waals surface area contributed by atoms with Crippen molar-refractivity contribution in [3.63, 3.8) is 0 Å². The summed E-state index contributed by atoms with van der Waals surface area (Å²) in [6.07, 6.45) is 0.770. The SMILES string of the molecule is CCC(Cc1c[c]ccc1Cl)SC(F)(F)F. The molecule has 0 saturated heterocycles. The zero-order chi connectivity index (χ0) is 12.2. The number of benzene rings is 1. The molecule has 0 fully saturated rings. The summed E-state index contributed by atoms with van der Waals surface area (Å²) in [7, 11) is 0. The summed E-state index contributed by atoms with van der Waals surface area (Å²) in [5.74, 6) is 0. The van der Waals surface area contributed by atoms with Gasteiger partial charge in [-0.1, -0.05) is 24.6 Å². The number of thioether (sulfide) groups is 1. The molecule has 0 N–H and O–H groups in total. The minimum absolute atomic E-state index is 0.0329. The molecule has 0 heterocycles. The Labute approximate surface area is 102 Å². The molecule has 1 aromatic rings. The maximum absolute atomic E-state index is 12.2. The molecule has 89 valence electrons. The molecule has 0 aliphatic heterocycles. The maximum atomic E-state index is 12.2. The molecule has 0 nitrogen and oxygen atoms in total. The fourth-order valence-corrected chi connectivity index (χ4v) is 2.31. The molecule has 1 atom stereocenters. The Balaban J connectivity index is 2.67. The van der Waals surface area contributed by atoms with Crippen LogP contribution in [-0.2, 0) is 6.42 Å². The van der Waals surface area contributed by atoms with E-state index in [4.69, 9.17) is 11.6 Å². The Bertz CT molecular complexity index is 338. The molecule has 1 aromatic carbocycles. The van der Waals surface area contributed by atoms with Crippen molar-refractivity contribution in [2.45, 2.75) is 30.5 Å². The van der Waals surface area contributed by atoms with Gasteiger partial charge in [0.2, 0.25) is 0 Å². The lowest BCUT2D eigenvalue weighted by Gasteiger charge is -2.16. The topological polar surface area (TPSA) is 0 Å². The van der Waals surface area contributed by atoms with Crippen molar-refractivity contribution in [3.05, 3.63) is 34.9 Å². The molecule has 0 aliphatic rings. The fraction of sp³-hybridized carbons (Fsp3) is 0.455. The van der Waals surface area contributed by atoms with Gasteiger partial charge in [-0.05, 0) is 48.4 Å². The van der Waals surface area contributed by atoms with E-state index in [1.54, 1.807) is 25.1 Å².